The van der Waals surface area contributed by atoms with Crippen molar-refractivity contribution in [2.24, 2.45) is 0 Å². The molecule has 0 radical (unpaired) electrons. The molecule has 0 N–H and O–H groups in total. The second kappa shape index (κ2) is 8.86. The van der Waals surface area contributed by atoms with Crippen LogP contribution in [0.1, 0.15) is 26.3 Å². The molecule has 0 fully saturated rings. The summed E-state index contributed by atoms with van der Waals surface area (Å²) in [5.41, 5.74) is 2.59. The maximum atomic E-state index is 13.0. The van der Waals surface area contributed by atoms with Crippen LogP contribution in [0, 0.1) is 0 Å². The molecule has 3 aromatic carbocycles. The zero-order valence-electron chi connectivity index (χ0n) is 15.8. The summed E-state index contributed by atoms with van der Waals surface area (Å²) >= 11 is 0. The second-order valence-corrected chi connectivity index (χ2v) is 6.17. The Morgan fingerprint density at radius 1 is 0.857 bits per heavy atom. The van der Waals surface area contributed by atoms with E-state index in [0.29, 0.717) is 29.2 Å². The van der Waals surface area contributed by atoms with Crippen molar-refractivity contribution in [2.75, 3.05) is 19.1 Å². The van der Waals surface area contributed by atoms with Crippen molar-refractivity contribution >= 4 is 17.6 Å². The first-order chi connectivity index (χ1) is 13.6. The van der Waals surface area contributed by atoms with Crippen LogP contribution < -0.4 is 9.64 Å². The summed E-state index contributed by atoms with van der Waals surface area (Å²) in [5, 5.41) is 0. The molecule has 0 bridgehead atoms. The van der Waals surface area contributed by atoms with Crippen LogP contribution in [0.25, 0.3) is 0 Å². The molecule has 0 aliphatic heterocycles. The minimum atomic E-state index is -0.416. The molecule has 0 unspecified atom stereocenters. The second-order valence-electron chi connectivity index (χ2n) is 6.17. The van der Waals surface area contributed by atoms with Crippen LogP contribution in [-0.4, -0.2) is 26.0 Å². The average molecular weight is 375 g/mol. The number of para-hydroxylation sites is 1. The molecule has 0 aromatic heterocycles. The van der Waals surface area contributed by atoms with E-state index in [4.69, 9.17) is 9.47 Å². The zero-order valence-corrected chi connectivity index (χ0v) is 15.8. The third-order valence-corrected chi connectivity index (χ3v) is 4.33. The summed E-state index contributed by atoms with van der Waals surface area (Å²) in [6, 6.07) is 23.6. The number of hydrogen-bond acceptors (Lipinski definition) is 4. The Hall–Kier alpha value is -3.60. The van der Waals surface area contributed by atoms with Gasteiger partial charge < -0.3 is 14.4 Å². The minimum absolute atomic E-state index is 0.200. The van der Waals surface area contributed by atoms with Gasteiger partial charge in [0.2, 0.25) is 0 Å². The predicted octanol–water partition coefficient (Wildman–Crippen LogP) is 4.33. The van der Waals surface area contributed by atoms with Gasteiger partial charge in [-0.05, 0) is 42.0 Å². The number of methoxy groups -OCH3 is 1. The van der Waals surface area contributed by atoms with E-state index in [1.807, 2.05) is 36.4 Å². The number of carbonyl (C=O) groups is 2. The fourth-order valence-corrected chi connectivity index (χ4v) is 2.74. The molecule has 0 spiro atoms. The van der Waals surface area contributed by atoms with E-state index in [0.717, 1.165) is 5.56 Å². The van der Waals surface area contributed by atoms with Gasteiger partial charge in [-0.1, -0.05) is 42.5 Å². The molecule has 3 rings (SSSR count). The number of rotatable bonds is 6. The molecule has 142 valence electrons. The number of esters is 1. The van der Waals surface area contributed by atoms with E-state index in [1.165, 1.54) is 12.0 Å². The van der Waals surface area contributed by atoms with Crippen LogP contribution in [-0.2, 0) is 11.3 Å². The summed E-state index contributed by atoms with van der Waals surface area (Å²) < 4.78 is 10.6. The van der Waals surface area contributed by atoms with Gasteiger partial charge in [-0.2, -0.15) is 0 Å². The molecular weight excluding hydrogens is 354 g/mol. The lowest BCUT2D eigenvalue weighted by Crippen LogP contribution is -2.26. The lowest BCUT2D eigenvalue weighted by molar-refractivity contribution is 0.0600. The lowest BCUT2D eigenvalue weighted by atomic mass is 10.1. The van der Waals surface area contributed by atoms with E-state index in [1.54, 1.807) is 49.5 Å². The van der Waals surface area contributed by atoms with Crippen LogP contribution in [0.5, 0.6) is 5.75 Å². The number of hydrogen-bond donors (Lipinski definition) is 0. The first-order valence-electron chi connectivity index (χ1n) is 8.82. The first kappa shape index (κ1) is 19.2. The minimum Gasteiger partial charge on any atom is -0.488 e. The van der Waals surface area contributed by atoms with Crippen LogP contribution in [0.15, 0.2) is 78.9 Å². The number of amides is 1. The molecule has 0 aliphatic rings. The summed E-state index contributed by atoms with van der Waals surface area (Å²) in [6.07, 6.45) is 0. The predicted molar refractivity (Wildman–Crippen MR) is 108 cm³/mol. The summed E-state index contributed by atoms with van der Waals surface area (Å²) in [7, 11) is 3.02. The van der Waals surface area contributed by atoms with Gasteiger partial charge in [0.05, 0.1) is 18.2 Å². The Labute approximate surface area is 164 Å². The van der Waals surface area contributed by atoms with E-state index < -0.39 is 5.97 Å². The fourth-order valence-electron chi connectivity index (χ4n) is 2.74. The molecule has 0 aliphatic carbocycles. The number of benzene rings is 3. The normalized spacial score (nSPS) is 10.2. The van der Waals surface area contributed by atoms with Gasteiger partial charge in [0, 0.05) is 12.7 Å². The lowest BCUT2D eigenvalue weighted by Gasteiger charge is -2.19. The van der Waals surface area contributed by atoms with Gasteiger partial charge in [-0.25, -0.2) is 4.79 Å². The Bertz CT molecular complexity index is 952. The number of carbonyl (C=O) groups excluding carboxylic acids is 2. The van der Waals surface area contributed by atoms with Crippen molar-refractivity contribution in [2.45, 2.75) is 6.61 Å². The Balaban J connectivity index is 1.77. The molecule has 0 heterocycles. The van der Waals surface area contributed by atoms with Crippen LogP contribution >= 0.6 is 0 Å². The maximum Gasteiger partial charge on any atom is 0.337 e. The highest BCUT2D eigenvalue weighted by atomic mass is 16.5. The number of nitrogens with zero attached hydrogens (tertiary/aromatic N) is 1. The Morgan fingerprint density at radius 2 is 1.50 bits per heavy atom. The van der Waals surface area contributed by atoms with Gasteiger partial charge in [0.15, 0.2) is 0 Å². The van der Waals surface area contributed by atoms with Crippen molar-refractivity contribution in [1.29, 1.82) is 0 Å². The first-order valence-corrected chi connectivity index (χ1v) is 8.82. The molecule has 0 atom stereocenters. The number of ether oxygens (including phenoxy) is 2. The molecule has 1 amide bonds. The van der Waals surface area contributed by atoms with Crippen molar-refractivity contribution in [3.8, 4) is 5.75 Å². The third kappa shape index (κ3) is 4.38. The topological polar surface area (TPSA) is 55.8 Å². The van der Waals surface area contributed by atoms with Crippen LogP contribution in [0.3, 0.4) is 0 Å². The molecular formula is C23H21NO4. The van der Waals surface area contributed by atoms with Crippen LogP contribution in [0.4, 0.5) is 5.69 Å². The van der Waals surface area contributed by atoms with E-state index in [2.05, 4.69) is 0 Å². The van der Waals surface area contributed by atoms with Gasteiger partial charge in [-0.3, -0.25) is 4.79 Å². The smallest absolute Gasteiger partial charge is 0.337 e. The molecule has 3 aromatic rings. The van der Waals surface area contributed by atoms with Crippen molar-refractivity contribution in [1.82, 2.24) is 0 Å². The third-order valence-electron chi connectivity index (χ3n) is 4.33. The van der Waals surface area contributed by atoms with Crippen molar-refractivity contribution < 1.29 is 19.1 Å². The Morgan fingerprint density at radius 3 is 2.18 bits per heavy atom. The van der Waals surface area contributed by atoms with Crippen molar-refractivity contribution in [3.63, 3.8) is 0 Å². The van der Waals surface area contributed by atoms with E-state index >= 15 is 0 Å². The molecule has 5 heteroatoms. The number of anilines is 1. The zero-order chi connectivity index (χ0) is 19.9. The largest absolute Gasteiger partial charge is 0.488 e. The molecule has 5 nitrogen and oxygen atoms in total. The highest BCUT2D eigenvalue weighted by Gasteiger charge is 2.18. The van der Waals surface area contributed by atoms with Gasteiger partial charge in [-0.15, -0.1) is 0 Å². The maximum absolute atomic E-state index is 13.0. The average Bonchev–Trinajstić information content (AvgIpc) is 2.77. The van der Waals surface area contributed by atoms with Gasteiger partial charge in [0.25, 0.3) is 5.91 Å². The fraction of sp³-hybridized carbons (Fsp3) is 0.130. The highest BCUT2D eigenvalue weighted by Crippen LogP contribution is 2.24. The highest BCUT2D eigenvalue weighted by molar-refractivity contribution is 6.07. The molecule has 0 saturated carbocycles. The molecule has 28 heavy (non-hydrogen) atoms. The summed E-state index contributed by atoms with van der Waals surface area (Å²) in [4.78, 5) is 26.1. The standard InChI is InChI=1S/C23H21NO4/c1-24(19-14-12-18(13-15-19)23(26)27-2)22(25)20-10-6-7-11-21(20)28-16-17-8-4-3-5-9-17/h3-15H,16H2,1-2H3. The summed E-state index contributed by atoms with van der Waals surface area (Å²) in [5.74, 6) is -0.0935. The molecule has 0 saturated heterocycles. The monoisotopic (exact) mass is 375 g/mol. The van der Waals surface area contributed by atoms with Gasteiger partial charge >= 0.3 is 5.97 Å². The van der Waals surface area contributed by atoms with Crippen LogP contribution in [0.2, 0.25) is 0 Å². The quantitative estimate of drug-likeness (QED) is 0.602. The SMILES string of the molecule is COC(=O)c1ccc(N(C)C(=O)c2ccccc2OCc2ccccc2)cc1. The van der Waals surface area contributed by atoms with Gasteiger partial charge in [0.1, 0.15) is 12.4 Å². The summed E-state index contributed by atoms with van der Waals surface area (Å²) in [6.45, 7) is 0.378. The van der Waals surface area contributed by atoms with E-state index in [-0.39, 0.29) is 5.91 Å². The van der Waals surface area contributed by atoms with Crippen molar-refractivity contribution in [3.05, 3.63) is 95.6 Å². The van der Waals surface area contributed by atoms with E-state index in [9.17, 15) is 9.59 Å². The Kier molecular flexibility index (Phi) is 6.07.